The van der Waals surface area contributed by atoms with Crippen molar-refractivity contribution in [3.63, 3.8) is 0 Å². The molecule has 0 fully saturated rings. The Labute approximate surface area is 148 Å². The molecule has 9 heteroatoms. The van der Waals surface area contributed by atoms with Crippen LogP contribution in [0.1, 0.15) is 33.3 Å². The lowest BCUT2D eigenvalue weighted by Crippen LogP contribution is -2.12. The molecule has 0 aromatic carbocycles. The Morgan fingerprint density at radius 3 is 2.73 bits per heavy atom. The van der Waals surface area contributed by atoms with Gasteiger partial charge in [-0.15, -0.1) is 0 Å². The third kappa shape index (κ3) is 3.46. The SMILES string of the molecule is Cc1ccnc(NC(=O)c2ccc(Cn3nc(C)c([N+](=O)[O-])c3C)o2)c1. The van der Waals surface area contributed by atoms with Crippen molar-refractivity contribution in [2.24, 2.45) is 0 Å². The molecule has 0 aliphatic heterocycles. The molecule has 0 aliphatic carbocycles. The molecule has 1 amide bonds. The largest absolute Gasteiger partial charge is 0.454 e. The Balaban J connectivity index is 1.75. The summed E-state index contributed by atoms with van der Waals surface area (Å²) in [7, 11) is 0. The Bertz CT molecular complexity index is 989. The maximum atomic E-state index is 12.2. The molecule has 0 spiro atoms. The maximum absolute atomic E-state index is 12.2. The quantitative estimate of drug-likeness (QED) is 0.555. The van der Waals surface area contributed by atoms with Crippen molar-refractivity contribution in [2.45, 2.75) is 27.3 Å². The van der Waals surface area contributed by atoms with Crippen LogP contribution in [0.3, 0.4) is 0 Å². The highest BCUT2D eigenvalue weighted by atomic mass is 16.6. The highest BCUT2D eigenvalue weighted by Gasteiger charge is 2.22. The molecular formula is C17H17N5O4. The lowest BCUT2D eigenvalue weighted by molar-refractivity contribution is -0.386. The monoisotopic (exact) mass is 355 g/mol. The van der Waals surface area contributed by atoms with Gasteiger partial charge in [-0.05, 0) is 50.6 Å². The number of aryl methyl sites for hydroxylation is 2. The summed E-state index contributed by atoms with van der Waals surface area (Å²) in [5.74, 6) is 0.600. The number of hydrogen-bond donors (Lipinski definition) is 1. The Hall–Kier alpha value is -3.49. The van der Waals surface area contributed by atoms with Crippen molar-refractivity contribution in [3.05, 3.63) is 69.0 Å². The number of anilines is 1. The summed E-state index contributed by atoms with van der Waals surface area (Å²) in [5, 5.41) is 17.9. The van der Waals surface area contributed by atoms with Gasteiger partial charge in [0.25, 0.3) is 5.91 Å². The van der Waals surface area contributed by atoms with E-state index in [0.717, 1.165) is 5.56 Å². The summed E-state index contributed by atoms with van der Waals surface area (Å²) in [5.41, 5.74) is 1.73. The van der Waals surface area contributed by atoms with Crippen molar-refractivity contribution >= 4 is 17.4 Å². The zero-order valence-corrected chi connectivity index (χ0v) is 14.5. The van der Waals surface area contributed by atoms with Gasteiger partial charge in [-0.3, -0.25) is 19.6 Å². The minimum Gasteiger partial charge on any atom is -0.454 e. The molecule has 3 aromatic rings. The van der Waals surface area contributed by atoms with Crippen LogP contribution in [0.15, 0.2) is 34.9 Å². The molecule has 0 radical (unpaired) electrons. The first-order valence-corrected chi connectivity index (χ1v) is 7.86. The van der Waals surface area contributed by atoms with Crippen molar-refractivity contribution < 1.29 is 14.1 Å². The topological polar surface area (TPSA) is 116 Å². The summed E-state index contributed by atoms with van der Waals surface area (Å²) < 4.78 is 7.03. The van der Waals surface area contributed by atoms with E-state index < -0.39 is 10.8 Å². The number of pyridine rings is 1. The van der Waals surface area contributed by atoms with Crippen LogP contribution in [0.5, 0.6) is 0 Å². The van der Waals surface area contributed by atoms with Gasteiger partial charge >= 0.3 is 5.69 Å². The average molecular weight is 355 g/mol. The molecule has 26 heavy (non-hydrogen) atoms. The standard InChI is InChI=1S/C17H17N5O4/c1-10-6-7-18-15(8-10)19-17(23)14-5-4-13(26-14)9-21-12(3)16(22(24)25)11(2)20-21/h4-8H,9H2,1-3H3,(H,18,19,23). The fourth-order valence-corrected chi connectivity index (χ4v) is 2.62. The highest BCUT2D eigenvalue weighted by molar-refractivity contribution is 6.01. The minimum atomic E-state index is -0.454. The highest BCUT2D eigenvalue weighted by Crippen LogP contribution is 2.23. The number of nitrogens with zero attached hydrogens (tertiary/aromatic N) is 4. The minimum absolute atomic E-state index is 0.0138. The lowest BCUT2D eigenvalue weighted by Gasteiger charge is -2.03. The molecule has 3 rings (SSSR count). The molecule has 0 unspecified atom stereocenters. The predicted molar refractivity (Wildman–Crippen MR) is 93.1 cm³/mol. The van der Waals surface area contributed by atoms with E-state index in [-0.39, 0.29) is 18.0 Å². The van der Waals surface area contributed by atoms with Gasteiger partial charge in [-0.1, -0.05) is 0 Å². The second-order valence-electron chi connectivity index (χ2n) is 5.87. The number of hydrogen-bond acceptors (Lipinski definition) is 6. The first-order valence-electron chi connectivity index (χ1n) is 7.86. The first kappa shape index (κ1) is 17.3. The van der Waals surface area contributed by atoms with E-state index in [9.17, 15) is 14.9 Å². The Morgan fingerprint density at radius 1 is 1.31 bits per heavy atom. The van der Waals surface area contributed by atoms with Gasteiger partial charge in [0.1, 0.15) is 23.0 Å². The molecule has 3 aromatic heterocycles. The van der Waals surface area contributed by atoms with Crippen LogP contribution in [0.2, 0.25) is 0 Å². The number of carbonyl (C=O) groups excluding carboxylic acids is 1. The number of rotatable bonds is 5. The number of nitro groups is 1. The van der Waals surface area contributed by atoms with E-state index >= 15 is 0 Å². The van der Waals surface area contributed by atoms with Crippen LogP contribution in [0.4, 0.5) is 11.5 Å². The van der Waals surface area contributed by atoms with E-state index in [1.165, 1.54) is 4.68 Å². The molecule has 134 valence electrons. The van der Waals surface area contributed by atoms with Gasteiger partial charge in [0.15, 0.2) is 5.76 Å². The normalized spacial score (nSPS) is 10.7. The number of aromatic nitrogens is 3. The fourth-order valence-electron chi connectivity index (χ4n) is 2.62. The second kappa shape index (κ2) is 6.79. The molecule has 0 saturated heterocycles. The summed E-state index contributed by atoms with van der Waals surface area (Å²) in [6.07, 6.45) is 1.61. The third-order valence-corrected chi connectivity index (χ3v) is 3.87. The molecular weight excluding hydrogens is 338 g/mol. The number of nitrogens with one attached hydrogen (secondary N) is 1. The van der Waals surface area contributed by atoms with E-state index in [1.807, 2.05) is 13.0 Å². The van der Waals surface area contributed by atoms with Crippen LogP contribution >= 0.6 is 0 Å². The lowest BCUT2D eigenvalue weighted by atomic mass is 10.3. The van der Waals surface area contributed by atoms with Gasteiger partial charge < -0.3 is 9.73 Å². The average Bonchev–Trinajstić information content (AvgIpc) is 3.13. The van der Waals surface area contributed by atoms with Crippen LogP contribution in [-0.4, -0.2) is 25.6 Å². The van der Waals surface area contributed by atoms with E-state index in [0.29, 0.717) is 23.0 Å². The van der Waals surface area contributed by atoms with Crippen molar-refractivity contribution in [3.8, 4) is 0 Å². The van der Waals surface area contributed by atoms with Crippen LogP contribution in [0, 0.1) is 30.9 Å². The molecule has 0 atom stereocenters. The zero-order valence-electron chi connectivity index (χ0n) is 14.5. The second-order valence-corrected chi connectivity index (χ2v) is 5.87. The van der Waals surface area contributed by atoms with Gasteiger partial charge in [0, 0.05) is 6.20 Å². The molecule has 1 N–H and O–H groups in total. The molecule has 0 aliphatic rings. The van der Waals surface area contributed by atoms with Crippen molar-refractivity contribution in [1.29, 1.82) is 0 Å². The maximum Gasteiger partial charge on any atom is 0.312 e. The third-order valence-electron chi connectivity index (χ3n) is 3.87. The molecule has 9 nitrogen and oxygen atoms in total. The predicted octanol–water partition coefficient (Wildman–Crippen LogP) is 3.01. The Morgan fingerprint density at radius 2 is 2.08 bits per heavy atom. The van der Waals surface area contributed by atoms with Gasteiger partial charge in [0.2, 0.25) is 0 Å². The fraction of sp³-hybridized carbons (Fsp3) is 0.235. The summed E-state index contributed by atoms with van der Waals surface area (Å²) >= 11 is 0. The number of furan rings is 1. The number of amides is 1. The summed E-state index contributed by atoms with van der Waals surface area (Å²) in [6, 6.07) is 6.76. The summed E-state index contributed by atoms with van der Waals surface area (Å²) in [4.78, 5) is 26.9. The molecule has 3 heterocycles. The first-order chi connectivity index (χ1) is 12.3. The van der Waals surface area contributed by atoms with Crippen molar-refractivity contribution in [1.82, 2.24) is 14.8 Å². The number of carbonyl (C=O) groups is 1. The van der Waals surface area contributed by atoms with Crippen LogP contribution in [-0.2, 0) is 6.54 Å². The smallest absolute Gasteiger partial charge is 0.312 e. The van der Waals surface area contributed by atoms with E-state index in [1.54, 1.807) is 38.2 Å². The molecule has 0 bridgehead atoms. The van der Waals surface area contributed by atoms with Crippen LogP contribution < -0.4 is 5.32 Å². The molecule has 0 saturated carbocycles. The summed E-state index contributed by atoms with van der Waals surface area (Å²) in [6.45, 7) is 5.29. The van der Waals surface area contributed by atoms with E-state index in [2.05, 4.69) is 15.4 Å². The Kier molecular flexibility index (Phi) is 4.53. The van der Waals surface area contributed by atoms with Gasteiger partial charge in [-0.25, -0.2) is 4.98 Å². The van der Waals surface area contributed by atoms with Gasteiger partial charge in [0.05, 0.1) is 11.5 Å². The zero-order chi connectivity index (χ0) is 18.8. The van der Waals surface area contributed by atoms with Crippen molar-refractivity contribution in [2.75, 3.05) is 5.32 Å². The van der Waals surface area contributed by atoms with Crippen LogP contribution in [0.25, 0.3) is 0 Å². The van der Waals surface area contributed by atoms with E-state index in [4.69, 9.17) is 4.42 Å². The van der Waals surface area contributed by atoms with Gasteiger partial charge in [-0.2, -0.15) is 5.10 Å².